The quantitative estimate of drug-likeness (QED) is 0.508. The number of aromatic carboxylic acids is 1. The van der Waals surface area contributed by atoms with E-state index < -0.39 is 21.8 Å². The molecule has 0 aromatic heterocycles. The first-order valence-corrected chi connectivity index (χ1v) is 13.1. The fourth-order valence-corrected chi connectivity index (χ4v) is 6.25. The van der Waals surface area contributed by atoms with E-state index in [1.807, 2.05) is 0 Å². The third-order valence-corrected chi connectivity index (χ3v) is 8.40. The predicted octanol–water partition coefficient (Wildman–Crippen LogP) is 3.15. The molecule has 3 N–H and O–H groups in total. The van der Waals surface area contributed by atoms with Crippen molar-refractivity contribution in [1.29, 1.82) is 0 Å². The number of rotatable bonds is 8. The summed E-state index contributed by atoms with van der Waals surface area (Å²) >= 11 is 0. The van der Waals surface area contributed by atoms with Gasteiger partial charge in [0.05, 0.1) is 17.2 Å². The van der Waals surface area contributed by atoms with Crippen molar-refractivity contribution in [3.05, 3.63) is 58.9 Å². The van der Waals surface area contributed by atoms with Gasteiger partial charge in [-0.3, -0.25) is 9.62 Å². The number of hydrogen-bond acceptors (Lipinski definition) is 6. The van der Waals surface area contributed by atoms with Gasteiger partial charge in [-0.25, -0.2) is 17.6 Å². The highest BCUT2D eigenvalue weighted by Gasteiger charge is 2.45. The predicted molar refractivity (Wildman–Crippen MR) is 128 cm³/mol. The van der Waals surface area contributed by atoms with Gasteiger partial charge in [0.25, 0.3) is 10.0 Å². The summed E-state index contributed by atoms with van der Waals surface area (Å²) in [6.45, 7) is 2.65. The van der Waals surface area contributed by atoms with Gasteiger partial charge in [-0.05, 0) is 66.6 Å². The third-order valence-electron chi connectivity index (χ3n) is 6.96. The van der Waals surface area contributed by atoms with Gasteiger partial charge in [-0.1, -0.05) is 18.2 Å². The van der Waals surface area contributed by atoms with Crippen molar-refractivity contribution >= 4 is 27.8 Å². The number of carbonyl (C=O) groups is 1. The first-order chi connectivity index (χ1) is 16.8. The second-order valence-corrected chi connectivity index (χ2v) is 11.1. The zero-order valence-electron chi connectivity index (χ0n) is 19.0. The molecule has 5 rings (SSSR count). The first-order valence-electron chi connectivity index (χ1n) is 11.6. The van der Waals surface area contributed by atoms with Crippen LogP contribution < -0.4 is 9.46 Å². The summed E-state index contributed by atoms with van der Waals surface area (Å²) < 4.78 is 48.7. The first kappa shape index (κ1) is 23.8. The minimum atomic E-state index is -4.24. The highest BCUT2D eigenvalue weighted by molar-refractivity contribution is 7.92. The van der Waals surface area contributed by atoms with Crippen molar-refractivity contribution in [3.8, 4) is 5.75 Å². The van der Waals surface area contributed by atoms with Crippen molar-refractivity contribution in [3.63, 3.8) is 0 Å². The van der Waals surface area contributed by atoms with Crippen molar-refractivity contribution in [2.24, 2.45) is 11.8 Å². The highest BCUT2D eigenvalue weighted by Crippen LogP contribution is 2.55. The Hall–Kier alpha value is -2.95. The van der Waals surface area contributed by atoms with E-state index in [9.17, 15) is 27.8 Å². The summed E-state index contributed by atoms with van der Waals surface area (Å²) in [5, 5.41) is 19.1. The van der Waals surface area contributed by atoms with Crippen LogP contribution in [0.3, 0.4) is 0 Å². The number of fused-ring (bicyclic) bond motifs is 3. The molecule has 2 aromatic carbocycles. The van der Waals surface area contributed by atoms with Crippen LogP contribution in [0, 0.1) is 17.7 Å². The van der Waals surface area contributed by atoms with Gasteiger partial charge in [0, 0.05) is 25.6 Å². The summed E-state index contributed by atoms with van der Waals surface area (Å²) in [5.74, 6) is -0.799. The van der Waals surface area contributed by atoms with Crippen LogP contribution >= 0.6 is 0 Å². The molecule has 3 atom stereocenters. The second-order valence-electron chi connectivity index (χ2n) is 9.41. The summed E-state index contributed by atoms with van der Waals surface area (Å²) in [6.07, 6.45) is 5.13. The van der Waals surface area contributed by atoms with Crippen LogP contribution in [0.5, 0.6) is 5.75 Å². The number of nitrogens with zero attached hydrogens (tertiary/aromatic N) is 1. The number of carboxylic acids is 1. The number of carboxylic acid groups (broad SMARTS) is 1. The molecule has 2 aromatic rings. The average Bonchev–Trinajstić information content (AvgIpc) is 3.47. The van der Waals surface area contributed by atoms with Crippen LogP contribution in [0.25, 0.3) is 6.08 Å². The molecule has 0 radical (unpaired) electrons. The highest BCUT2D eigenvalue weighted by atomic mass is 32.2. The van der Waals surface area contributed by atoms with E-state index in [1.54, 1.807) is 18.2 Å². The Bertz CT molecular complexity index is 1300. The molecular formula is C25H27FN2O6S. The van der Waals surface area contributed by atoms with Gasteiger partial charge in [-0.15, -0.1) is 0 Å². The average molecular weight is 503 g/mol. The smallest absolute Gasteiger partial charge is 0.341 e. The molecule has 0 unspecified atom stereocenters. The minimum absolute atomic E-state index is 0.0956. The lowest BCUT2D eigenvalue weighted by Gasteiger charge is -2.21. The molecule has 35 heavy (non-hydrogen) atoms. The number of sulfonamides is 1. The largest absolute Gasteiger partial charge is 0.492 e. The van der Waals surface area contributed by atoms with Gasteiger partial charge >= 0.3 is 5.97 Å². The van der Waals surface area contributed by atoms with Crippen LogP contribution in [0.15, 0.2) is 41.3 Å². The van der Waals surface area contributed by atoms with E-state index in [1.165, 1.54) is 12.1 Å². The maximum Gasteiger partial charge on any atom is 0.341 e. The summed E-state index contributed by atoms with van der Waals surface area (Å²) in [6, 6.07) is 6.52. The van der Waals surface area contributed by atoms with Crippen LogP contribution in [-0.4, -0.2) is 62.3 Å². The molecule has 1 aliphatic carbocycles. The van der Waals surface area contributed by atoms with Gasteiger partial charge in [-0.2, -0.15) is 0 Å². The summed E-state index contributed by atoms with van der Waals surface area (Å²) in [5.41, 5.74) is 0.629. The molecule has 0 bridgehead atoms. The van der Waals surface area contributed by atoms with E-state index in [2.05, 4.69) is 9.62 Å². The summed E-state index contributed by atoms with van der Waals surface area (Å²) in [4.78, 5) is 14.0. The molecule has 8 nitrogen and oxygen atoms in total. The zero-order valence-corrected chi connectivity index (χ0v) is 19.8. The molecule has 2 fully saturated rings. The standard InChI is InChI=1S/C25H27FN2O6S/c26-18-3-6-22(16(10-18)2-1-8-28-9-7-15(12-28)13-29)35(32,33)27-21-5-4-19-20-11-17(20)14-34-24(19)23(21)25(30)31/h1-6,10,15,17,20,27,29H,7-9,11-14H2,(H,30,31)/b2-1-/t15-,17+,20+/m1/s1. The van der Waals surface area contributed by atoms with E-state index >= 15 is 0 Å². The third kappa shape index (κ3) is 4.78. The molecule has 10 heteroatoms. The normalized spacial score (nSPS) is 23.5. The Labute approximate surface area is 203 Å². The number of likely N-dealkylation sites (tertiary alicyclic amines) is 1. The number of aliphatic hydroxyl groups is 1. The molecule has 1 saturated carbocycles. The molecule has 2 aliphatic heterocycles. The molecule has 0 spiro atoms. The van der Waals surface area contributed by atoms with Gasteiger partial charge in [0.15, 0.2) is 0 Å². The van der Waals surface area contributed by atoms with Crippen LogP contribution in [0.4, 0.5) is 10.1 Å². The van der Waals surface area contributed by atoms with Gasteiger partial charge < -0.3 is 14.9 Å². The SMILES string of the molecule is O=C(O)c1c(NS(=O)(=O)c2ccc(F)cc2/C=C\CN2CC[C@@H](CO)C2)ccc2c1OC[C@@H]1C[C@H]21. The van der Waals surface area contributed by atoms with E-state index in [-0.39, 0.29) is 45.9 Å². The van der Waals surface area contributed by atoms with Crippen LogP contribution in [0.1, 0.15) is 40.2 Å². The number of nitrogens with one attached hydrogen (secondary N) is 1. The number of hydrogen-bond donors (Lipinski definition) is 3. The van der Waals surface area contributed by atoms with E-state index in [0.29, 0.717) is 19.1 Å². The number of benzene rings is 2. The topological polar surface area (TPSA) is 116 Å². The Morgan fingerprint density at radius 3 is 2.86 bits per heavy atom. The molecule has 1 saturated heterocycles. The molecule has 186 valence electrons. The molecule has 0 amide bonds. The van der Waals surface area contributed by atoms with Crippen molar-refractivity contribution in [2.75, 3.05) is 37.6 Å². The summed E-state index contributed by atoms with van der Waals surface area (Å²) in [7, 11) is -4.24. The molecular weight excluding hydrogens is 475 g/mol. The molecule has 3 aliphatic rings. The Morgan fingerprint density at radius 2 is 2.11 bits per heavy atom. The fourth-order valence-electron chi connectivity index (χ4n) is 5.00. The van der Waals surface area contributed by atoms with Gasteiger partial charge in [0.1, 0.15) is 17.1 Å². The molecule has 2 heterocycles. The number of aliphatic hydroxyl groups excluding tert-OH is 1. The maximum absolute atomic E-state index is 14.0. The van der Waals surface area contributed by atoms with Gasteiger partial charge in [0.2, 0.25) is 0 Å². The van der Waals surface area contributed by atoms with Crippen molar-refractivity contribution < 1.29 is 32.6 Å². The lowest BCUT2D eigenvalue weighted by Crippen LogP contribution is -2.21. The second kappa shape index (κ2) is 9.25. The number of ether oxygens (including phenoxy) is 1. The fraction of sp³-hybridized carbons (Fsp3) is 0.400. The monoisotopic (exact) mass is 502 g/mol. The van der Waals surface area contributed by atoms with Crippen LogP contribution in [-0.2, 0) is 10.0 Å². The zero-order chi connectivity index (χ0) is 24.7. The number of anilines is 1. The number of halogens is 1. The van der Waals surface area contributed by atoms with Crippen molar-refractivity contribution in [2.45, 2.75) is 23.7 Å². The van der Waals surface area contributed by atoms with Crippen LogP contribution in [0.2, 0.25) is 0 Å². The minimum Gasteiger partial charge on any atom is -0.492 e. The Balaban J connectivity index is 1.42. The Morgan fingerprint density at radius 1 is 1.29 bits per heavy atom. The lowest BCUT2D eigenvalue weighted by atomic mass is 10.0. The van der Waals surface area contributed by atoms with E-state index in [4.69, 9.17) is 4.74 Å². The Kier molecular flexibility index (Phi) is 6.29. The maximum atomic E-state index is 14.0. The lowest BCUT2D eigenvalue weighted by molar-refractivity contribution is 0.0692. The van der Waals surface area contributed by atoms with Crippen molar-refractivity contribution in [1.82, 2.24) is 4.90 Å². The van der Waals surface area contributed by atoms with E-state index in [0.717, 1.165) is 43.6 Å².